The molecule has 1 saturated carbocycles. The van der Waals surface area contributed by atoms with Crippen molar-refractivity contribution in [3.05, 3.63) is 11.4 Å². The van der Waals surface area contributed by atoms with Crippen LogP contribution in [-0.4, -0.2) is 29.6 Å². The van der Waals surface area contributed by atoms with Crippen molar-refractivity contribution in [2.45, 2.75) is 71.8 Å². The van der Waals surface area contributed by atoms with E-state index < -0.39 is 0 Å². The normalized spacial score (nSPS) is 16.3. The summed E-state index contributed by atoms with van der Waals surface area (Å²) < 4.78 is 0. The molecular formula is C17H30N4. The average molecular weight is 290 g/mol. The molecule has 0 bridgehead atoms. The molecule has 1 N–H and O–H groups in total. The Bertz CT molecular complexity index is 464. The van der Waals surface area contributed by atoms with Crippen molar-refractivity contribution in [3.63, 3.8) is 0 Å². The summed E-state index contributed by atoms with van der Waals surface area (Å²) in [4.78, 5) is 12.0. The molecule has 0 aliphatic heterocycles. The minimum atomic E-state index is 0.349. The first-order valence-electron chi connectivity index (χ1n) is 8.39. The third kappa shape index (κ3) is 3.66. The molecule has 4 nitrogen and oxygen atoms in total. The van der Waals surface area contributed by atoms with E-state index in [1.54, 1.807) is 0 Å². The third-order valence-corrected chi connectivity index (χ3v) is 4.45. The van der Waals surface area contributed by atoms with Gasteiger partial charge < -0.3 is 10.2 Å². The van der Waals surface area contributed by atoms with E-state index in [1.165, 1.54) is 37.7 Å². The topological polar surface area (TPSA) is 41.1 Å². The lowest BCUT2D eigenvalue weighted by Crippen LogP contribution is -2.35. The predicted octanol–water partition coefficient (Wildman–Crippen LogP) is 4.11. The second kappa shape index (κ2) is 7.10. The molecule has 0 unspecified atom stereocenters. The van der Waals surface area contributed by atoms with E-state index >= 15 is 0 Å². The summed E-state index contributed by atoms with van der Waals surface area (Å²) in [5, 5.41) is 3.39. The zero-order valence-electron chi connectivity index (χ0n) is 14.2. The molecule has 0 aromatic carbocycles. The van der Waals surface area contributed by atoms with Crippen LogP contribution in [0.5, 0.6) is 0 Å². The number of nitrogens with zero attached hydrogens (tertiary/aromatic N) is 3. The van der Waals surface area contributed by atoms with Crippen LogP contribution in [0, 0.1) is 6.92 Å². The van der Waals surface area contributed by atoms with Crippen molar-refractivity contribution in [2.75, 3.05) is 23.8 Å². The molecule has 118 valence electrons. The Kier molecular flexibility index (Phi) is 5.43. The van der Waals surface area contributed by atoms with Gasteiger partial charge in [0.1, 0.15) is 17.5 Å². The van der Waals surface area contributed by atoms with Crippen LogP contribution >= 0.6 is 0 Å². The zero-order chi connectivity index (χ0) is 15.4. The molecule has 4 heteroatoms. The molecule has 0 spiro atoms. The predicted molar refractivity (Wildman–Crippen MR) is 90.3 cm³/mol. The van der Waals surface area contributed by atoms with Gasteiger partial charge in [0, 0.05) is 31.1 Å². The number of hydrogen-bond acceptors (Lipinski definition) is 4. The van der Waals surface area contributed by atoms with Crippen LogP contribution in [0.25, 0.3) is 0 Å². The number of aromatic nitrogens is 2. The maximum Gasteiger partial charge on any atom is 0.137 e. The van der Waals surface area contributed by atoms with Crippen LogP contribution < -0.4 is 10.2 Å². The Balaban J connectivity index is 2.35. The number of rotatable bonds is 5. The van der Waals surface area contributed by atoms with E-state index in [-0.39, 0.29) is 0 Å². The second-order valence-corrected chi connectivity index (χ2v) is 6.47. The van der Waals surface area contributed by atoms with Crippen molar-refractivity contribution < 1.29 is 0 Å². The van der Waals surface area contributed by atoms with Gasteiger partial charge in [0.15, 0.2) is 0 Å². The average Bonchev–Trinajstić information content (AvgIpc) is 2.49. The molecule has 0 radical (unpaired) electrons. The van der Waals surface area contributed by atoms with Gasteiger partial charge in [0.05, 0.1) is 0 Å². The monoisotopic (exact) mass is 290 g/mol. The molecule has 1 aliphatic rings. The molecule has 1 aromatic heterocycles. The van der Waals surface area contributed by atoms with Crippen molar-refractivity contribution in [2.24, 2.45) is 0 Å². The second-order valence-electron chi connectivity index (χ2n) is 6.47. The first-order chi connectivity index (χ1) is 10.0. The summed E-state index contributed by atoms with van der Waals surface area (Å²) >= 11 is 0. The number of hydrogen-bond donors (Lipinski definition) is 1. The Morgan fingerprint density at radius 1 is 1.19 bits per heavy atom. The van der Waals surface area contributed by atoms with Gasteiger partial charge in [-0.05, 0) is 26.7 Å². The van der Waals surface area contributed by atoms with Crippen LogP contribution in [0.1, 0.15) is 70.2 Å². The van der Waals surface area contributed by atoms with E-state index in [1.807, 2.05) is 0 Å². The highest BCUT2D eigenvalue weighted by Crippen LogP contribution is 2.30. The quantitative estimate of drug-likeness (QED) is 0.886. The van der Waals surface area contributed by atoms with Gasteiger partial charge in [0.25, 0.3) is 0 Å². The Morgan fingerprint density at radius 2 is 1.86 bits per heavy atom. The summed E-state index contributed by atoms with van der Waals surface area (Å²) in [6.07, 6.45) is 6.64. The van der Waals surface area contributed by atoms with Gasteiger partial charge in [-0.3, -0.25) is 0 Å². The van der Waals surface area contributed by atoms with E-state index in [2.05, 4.69) is 45.0 Å². The van der Waals surface area contributed by atoms with E-state index in [9.17, 15) is 0 Å². The highest BCUT2D eigenvalue weighted by molar-refractivity contribution is 5.59. The van der Waals surface area contributed by atoms with Crippen LogP contribution in [0.4, 0.5) is 11.6 Å². The minimum absolute atomic E-state index is 0.349. The maximum atomic E-state index is 4.86. The van der Waals surface area contributed by atoms with Gasteiger partial charge in [-0.15, -0.1) is 0 Å². The standard InChI is InChI=1S/C17H30N4/c1-6-18-16-13(4)17(20-15(19-16)12(2)3)21(5)14-10-8-7-9-11-14/h12,14H,6-11H2,1-5H3,(H,18,19,20). The number of nitrogens with one attached hydrogen (secondary N) is 1. The Morgan fingerprint density at radius 3 is 2.43 bits per heavy atom. The maximum absolute atomic E-state index is 4.86. The lowest BCUT2D eigenvalue weighted by atomic mass is 9.94. The lowest BCUT2D eigenvalue weighted by molar-refractivity contribution is 0.425. The van der Waals surface area contributed by atoms with E-state index in [0.717, 1.165) is 24.0 Å². The molecule has 1 aromatic rings. The molecular weight excluding hydrogens is 260 g/mol. The van der Waals surface area contributed by atoms with Gasteiger partial charge >= 0.3 is 0 Å². The van der Waals surface area contributed by atoms with Crippen LogP contribution in [-0.2, 0) is 0 Å². The first kappa shape index (κ1) is 16.1. The highest BCUT2D eigenvalue weighted by atomic mass is 15.2. The molecule has 2 rings (SSSR count). The van der Waals surface area contributed by atoms with E-state index in [0.29, 0.717) is 12.0 Å². The summed E-state index contributed by atoms with van der Waals surface area (Å²) in [5.41, 5.74) is 1.18. The van der Waals surface area contributed by atoms with Crippen LogP contribution in [0.3, 0.4) is 0 Å². The first-order valence-corrected chi connectivity index (χ1v) is 8.39. The molecule has 21 heavy (non-hydrogen) atoms. The molecule has 0 saturated heterocycles. The Hall–Kier alpha value is -1.32. The highest BCUT2D eigenvalue weighted by Gasteiger charge is 2.23. The summed E-state index contributed by atoms with van der Waals surface area (Å²) in [5.74, 6) is 3.39. The third-order valence-electron chi connectivity index (χ3n) is 4.45. The zero-order valence-corrected chi connectivity index (χ0v) is 14.2. The SMILES string of the molecule is CCNc1nc(C(C)C)nc(N(C)C2CCCCC2)c1C. The number of anilines is 2. The van der Waals surface area contributed by atoms with Gasteiger partial charge in [-0.1, -0.05) is 33.1 Å². The van der Waals surface area contributed by atoms with Gasteiger partial charge in [0.2, 0.25) is 0 Å². The summed E-state index contributed by atoms with van der Waals surface area (Å²) in [6.45, 7) is 9.45. The molecule has 1 aliphatic carbocycles. The smallest absolute Gasteiger partial charge is 0.137 e. The summed E-state index contributed by atoms with van der Waals surface area (Å²) in [7, 11) is 2.20. The molecule has 0 atom stereocenters. The lowest BCUT2D eigenvalue weighted by Gasteiger charge is -2.33. The van der Waals surface area contributed by atoms with Crippen molar-refractivity contribution in [3.8, 4) is 0 Å². The van der Waals surface area contributed by atoms with Crippen molar-refractivity contribution >= 4 is 11.6 Å². The molecule has 1 fully saturated rings. The van der Waals surface area contributed by atoms with Crippen LogP contribution in [0.2, 0.25) is 0 Å². The van der Waals surface area contributed by atoms with Gasteiger partial charge in [-0.2, -0.15) is 0 Å². The fourth-order valence-electron chi connectivity index (χ4n) is 3.10. The van der Waals surface area contributed by atoms with Crippen LogP contribution in [0.15, 0.2) is 0 Å². The largest absolute Gasteiger partial charge is 0.370 e. The molecule has 1 heterocycles. The fraction of sp³-hybridized carbons (Fsp3) is 0.765. The Labute approximate surface area is 129 Å². The van der Waals surface area contributed by atoms with Crippen molar-refractivity contribution in [1.82, 2.24) is 9.97 Å². The fourth-order valence-corrected chi connectivity index (χ4v) is 3.10. The molecule has 0 amide bonds. The van der Waals surface area contributed by atoms with Crippen molar-refractivity contribution in [1.29, 1.82) is 0 Å². The minimum Gasteiger partial charge on any atom is -0.370 e. The van der Waals surface area contributed by atoms with Gasteiger partial charge in [-0.25, -0.2) is 9.97 Å². The summed E-state index contributed by atoms with van der Waals surface area (Å²) in [6, 6.07) is 0.627. The van der Waals surface area contributed by atoms with E-state index in [4.69, 9.17) is 9.97 Å².